The van der Waals surface area contributed by atoms with Crippen molar-refractivity contribution in [2.75, 3.05) is 13.7 Å². The van der Waals surface area contributed by atoms with E-state index in [1.165, 1.54) is 0 Å². The molecule has 0 aromatic rings. The van der Waals surface area contributed by atoms with Crippen molar-refractivity contribution < 1.29 is 24.0 Å². The number of unbranched alkanes of at least 4 members (excludes halogenated alkanes) is 1. The summed E-state index contributed by atoms with van der Waals surface area (Å²) in [5.74, 6) is -0.787. The molecule has 2 unspecified atom stereocenters. The summed E-state index contributed by atoms with van der Waals surface area (Å²) in [4.78, 5) is 4.17. The lowest BCUT2D eigenvalue weighted by Gasteiger charge is -2.36. The fraction of sp³-hybridized carbons (Fsp3) is 0.867. The molecule has 2 atom stereocenters. The van der Waals surface area contributed by atoms with Crippen LogP contribution in [0.2, 0.25) is 18.1 Å². The smallest absolute Gasteiger partial charge is 0.213 e. The summed E-state index contributed by atoms with van der Waals surface area (Å²) >= 11 is 0. The van der Waals surface area contributed by atoms with Gasteiger partial charge in [-0.2, -0.15) is 0 Å². The molecule has 0 amide bonds. The van der Waals surface area contributed by atoms with Gasteiger partial charge in [0.25, 0.3) is 0 Å². The second-order valence-electron chi connectivity index (χ2n) is 7.03. The number of hydrogen-bond acceptors (Lipinski definition) is 5. The van der Waals surface area contributed by atoms with Crippen molar-refractivity contribution >= 4 is 8.32 Å². The zero-order valence-corrected chi connectivity index (χ0v) is 15.1. The molecule has 6 heteroatoms. The third-order valence-electron chi connectivity index (χ3n) is 4.46. The van der Waals surface area contributed by atoms with E-state index in [-0.39, 0.29) is 5.04 Å². The molecule has 1 aliphatic heterocycles. The number of ether oxygens (including phenoxy) is 2. The van der Waals surface area contributed by atoms with E-state index < -0.39 is 20.4 Å². The molecule has 0 aliphatic carbocycles. The molecule has 0 saturated carbocycles. The lowest BCUT2D eigenvalue weighted by molar-refractivity contribution is -0.363. The van der Waals surface area contributed by atoms with Gasteiger partial charge in [-0.15, -0.1) is 0 Å². The fourth-order valence-corrected chi connectivity index (χ4v) is 3.02. The predicted molar refractivity (Wildman–Crippen MR) is 84.5 cm³/mol. The molecule has 0 aromatic carbocycles. The normalized spacial score (nSPS) is 26.5. The van der Waals surface area contributed by atoms with Crippen LogP contribution in [0, 0.1) is 0 Å². The average molecular weight is 318 g/mol. The molecule has 0 bridgehead atoms. The molecular weight excluding hydrogens is 288 g/mol. The van der Waals surface area contributed by atoms with Crippen LogP contribution in [0.15, 0.2) is 12.2 Å². The van der Waals surface area contributed by atoms with Gasteiger partial charge in [0.15, 0.2) is 14.1 Å². The molecule has 0 fully saturated rings. The van der Waals surface area contributed by atoms with Gasteiger partial charge >= 0.3 is 0 Å². The van der Waals surface area contributed by atoms with Crippen LogP contribution in [0.4, 0.5) is 0 Å². The van der Waals surface area contributed by atoms with Crippen molar-refractivity contribution in [3.05, 3.63) is 12.2 Å². The van der Waals surface area contributed by atoms with Gasteiger partial charge in [0, 0.05) is 20.1 Å². The maximum Gasteiger partial charge on any atom is 0.213 e. The minimum atomic E-state index is -1.66. The summed E-state index contributed by atoms with van der Waals surface area (Å²) in [6, 6.07) is 0. The Morgan fingerprint density at radius 2 is 1.95 bits per heavy atom. The maximum absolute atomic E-state index is 8.62. The molecule has 1 N–H and O–H groups in total. The Balaban J connectivity index is 2.30. The summed E-state index contributed by atoms with van der Waals surface area (Å²) in [5.41, 5.74) is 0. The first kappa shape index (κ1) is 18.8. The Labute approximate surface area is 129 Å². The minimum Gasteiger partial charge on any atom is -0.417 e. The topological polar surface area (TPSA) is 57.2 Å². The van der Waals surface area contributed by atoms with Crippen molar-refractivity contribution in [3.63, 3.8) is 0 Å². The average Bonchev–Trinajstić information content (AvgIpc) is 2.81. The highest BCUT2D eigenvalue weighted by Gasteiger charge is 2.38. The molecule has 21 heavy (non-hydrogen) atoms. The molecule has 1 rings (SSSR count). The molecule has 0 spiro atoms. The van der Waals surface area contributed by atoms with Gasteiger partial charge in [0.2, 0.25) is 6.29 Å². The highest BCUT2D eigenvalue weighted by Crippen LogP contribution is 2.36. The van der Waals surface area contributed by atoms with E-state index in [2.05, 4.69) is 38.8 Å². The van der Waals surface area contributed by atoms with Gasteiger partial charge in [-0.25, -0.2) is 10.1 Å². The molecule has 0 radical (unpaired) electrons. The van der Waals surface area contributed by atoms with Crippen LogP contribution >= 0.6 is 0 Å². The fourth-order valence-electron chi connectivity index (χ4n) is 1.93. The lowest BCUT2D eigenvalue weighted by atomic mass is 10.1. The summed E-state index contributed by atoms with van der Waals surface area (Å²) < 4.78 is 17.1. The molecule has 0 aromatic heterocycles. The van der Waals surface area contributed by atoms with Gasteiger partial charge in [0.1, 0.15) is 0 Å². The van der Waals surface area contributed by atoms with E-state index in [1.807, 2.05) is 0 Å². The second-order valence-corrected chi connectivity index (χ2v) is 11.8. The number of methoxy groups -OCH3 is 1. The Morgan fingerprint density at radius 1 is 1.29 bits per heavy atom. The number of hydrogen-bond donors (Lipinski definition) is 1. The first-order valence-corrected chi connectivity index (χ1v) is 10.4. The van der Waals surface area contributed by atoms with Crippen LogP contribution < -0.4 is 0 Å². The van der Waals surface area contributed by atoms with Crippen LogP contribution in [-0.4, -0.2) is 39.4 Å². The van der Waals surface area contributed by atoms with Crippen molar-refractivity contribution in [2.24, 2.45) is 0 Å². The summed E-state index contributed by atoms with van der Waals surface area (Å²) in [6.07, 6.45) is 5.29. The summed E-state index contributed by atoms with van der Waals surface area (Å²) in [6.45, 7) is 12.0. The van der Waals surface area contributed by atoms with Crippen LogP contribution in [0.3, 0.4) is 0 Å². The molecular formula is C15H30O5Si. The molecule has 1 aliphatic rings. The van der Waals surface area contributed by atoms with Crippen molar-refractivity contribution in [1.82, 2.24) is 0 Å². The minimum absolute atomic E-state index is 0.240. The van der Waals surface area contributed by atoms with Gasteiger partial charge in [0.05, 0.1) is 0 Å². The van der Waals surface area contributed by atoms with Crippen molar-refractivity contribution in [3.8, 4) is 0 Å². The van der Waals surface area contributed by atoms with Crippen LogP contribution in [0.5, 0.6) is 0 Å². The highest BCUT2D eigenvalue weighted by atomic mass is 28.4. The monoisotopic (exact) mass is 318 g/mol. The maximum atomic E-state index is 8.62. The lowest BCUT2D eigenvalue weighted by Crippen LogP contribution is -2.41. The largest absolute Gasteiger partial charge is 0.417 e. The van der Waals surface area contributed by atoms with Crippen molar-refractivity contribution in [1.29, 1.82) is 0 Å². The quantitative estimate of drug-likeness (QED) is 0.242. The first-order valence-electron chi connectivity index (χ1n) is 7.52. The van der Waals surface area contributed by atoms with Gasteiger partial charge in [-0.05, 0) is 43.1 Å². The van der Waals surface area contributed by atoms with Crippen LogP contribution in [0.1, 0.15) is 40.0 Å². The molecule has 1 heterocycles. The Bertz CT molecular complexity index is 350. The van der Waals surface area contributed by atoms with Crippen molar-refractivity contribution in [2.45, 2.75) is 70.2 Å². The van der Waals surface area contributed by atoms with Gasteiger partial charge in [-0.3, -0.25) is 0 Å². The second kappa shape index (κ2) is 7.35. The van der Waals surface area contributed by atoms with Crippen LogP contribution in [-0.2, 0) is 18.8 Å². The summed E-state index contributed by atoms with van der Waals surface area (Å²) in [5, 5.41) is 8.86. The third kappa shape index (κ3) is 5.16. The van der Waals surface area contributed by atoms with E-state index in [1.54, 1.807) is 19.3 Å². The Morgan fingerprint density at radius 3 is 2.43 bits per heavy atom. The van der Waals surface area contributed by atoms with Gasteiger partial charge < -0.3 is 13.9 Å². The van der Waals surface area contributed by atoms with E-state index >= 15 is 0 Å². The standard InChI is InChI=1S/C15H30O5Si/c1-14(2,3)21(5,6)18-12-8-7-10-15(17-4)11-9-13(19-15)20-16/h9,11,13,16H,7-8,10,12H2,1-6H3. The van der Waals surface area contributed by atoms with E-state index in [0.717, 1.165) is 19.4 Å². The van der Waals surface area contributed by atoms with E-state index in [0.29, 0.717) is 6.42 Å². The molecule has 0 saturated heterocycles. The third-order valence-corrected chi connectivity index (χ3v) is 9.00. The molecule has 5 nitrogen and oxygen atoms in total. The first-order chi connectivity index (χ1) is 9.66. The number of rotatable bonds is 8. The van der Waals surface area contributed by atoms with E-state index in [4.69, 9.17) is 19.2 Å². The van der Waals surface area contributed by atoms with Crippen LogP contribution in [0.25, 0.3) is 0 Å². The van der Waals surface area contributed by atoms with Gasteiger partial charge in [-0.1, -0.05) is 20.8 Å². The highest BCUT2D eigenvalue weighted by molar-refractivity contribution is 6.74. The zero-order chi connectivity index (χ0) is 16.1. The van der Waals surface area contributed by atoms with E-state index in [9.17, 15) is 0 Å². The SMILES string of the molecule is COC1(CCCCO[Si](C)(C)C(C)(C)C)C=CC(OO)O1. The molecule has 124 valence electrons. The Hall–Kier alpha value is -0.243. The Kier molecular flexibility index (Phi) is 6.58. The predicted octanol–water partition coefficient (Wildman–Crippen LogP) is 3.92. The zero-order valence-electron chi connectivity index (χ0n) is 14.1. The summed E-state index contributed by atoms with van der Waals surface area (Å²) in [7, 11) is -0.0662.